The largest absolute Gasteiger partial charge is 0.309 e. The summed E-state index contributed by atoms with van der Waals surface area (Å²) < 4.78 is 2.15. The first-order valence-corrected chi connectivity index (χ1v) is 13.0. The standard InChI is InChI=1S/C30H25Br2N/c1-2-3-7-21-10-14-25(15-11-21)33-29-16-12-23(31)19-27(29)26(18-22-8-5-4-6-9-22)28-20-24(32)13-17-30(28)33/h4-6,8-20H,2-3,7H2,1H3. The van der Waals surface area contributed by atoms with Gasteiger partial charge in [-0.1, -0.05) is 87.7 Å². The highest BCUT2D eigenvalue weighted by Crippen LogP contribution is 2.50. The molecule has 0 amide bonds. The normalized spacial score (nSPS) is 12.3. The van der Waals surface area contributed by atoms with Crippen LogP contribution in [0.5, 0.6) is 0 Å². The van der Waals surface area contributed by atoms with Crippen molar-refractivity contribution in [3.8, 4) is 0 Å². The summed E-state index contributed by atoms with van der Waals surface area (Å²) >= 11 is 7.43. The number of anilines is 3. The van der Waals surface area contributed by atoms with Crippen LogP contribution in [0.15, 0.2) is 99.9 Å². The Labute approximate surface area is 213 Å². The molecular formula is C30H25Br2N. The van der Waals surface area contributed by atoms with Gasteiger partial charge in [0.25, 0.3) is 0 Å². The molecule has 0 aliphatic carbocycles. The van der Waals surface area contributed by atoms with Gasteiger partial charge in [-0.3, -0.25) is 0 Å². The Morgan fingerprint density at radius 1 is 0.727 bits per heavy atom. The lowest BCUT2D eigenvalue weighted by Crippen LogP contribution is -2.18. The number of halogens is 2. The lowest BCUT2D eigenvalue weighted by Gasteiger charge is -2.35. The van der Waals surface area contributed by atoms with Crippen LogP contribution in [0.1, 0.15) is 42.0 Å². The number of hydrogen-bond donors (Lipinski definition) is 0. The van der Waals surface area contributed by atoms with Crippen molar-refractivity contribution >= 4 is 60.6 Å². The molecule has 1 aliphatic heterocycles. The third kappa shape index (κ3) is 4.58. The van der Waals surface area contributed by atoms with E-state index >= 15 is 0 Å². The third-order valence-corrected chi connectivity index (χ3v) is 7.09. The maximum atomic E-state index is 3.71. The lowest BCUT2D eigenvalue weighted by molar-refractivity contribution is 0.795. The second-order valence-corrected chi connectivity index (χ2v) is 10.2. The van der Waals surface area contributed by atoms with E-state index in [9.17, 15) is 0 Å². The fraction of sp³-hybridized carbons (Fsp3) is 0.133. The van der Waals surface area contributed by atoms with Crippen LogP contribution in [0.2, 0.25) is 0 Å². The van der Waals surface area contributed by atoms with Crippen LogP contribution in [0.25, 0.3) is 11.6 Å². The predicted octanol–water partition coefficient (Wildman–Crippen LogP) is 9.93. The summed E-state index contributed by atoms with van der Waals surface area (Å²) in [4.78, 5) is 2.38. The van der Waals surface area contributed by atoms with E-state index in [4.69, 9.17) is 0 Å². The van der Waals surface area contributed by atoms with E-state index in [2.05, 4.69) is 141 Å². The zero-order chi connectivity index (χ0) is 22.8. The van der Waals surface area contributed by atoms with Gasteiger partial charge in [0, 0.05) is 25.8 Å². The molecule has 0 N–H and O–H groups in total. The molecule has 164 valence electrons. The second-order valence-electron chi connectivity index (χ2n) is 8.40. The summed E-state index contributed by atoms with van der Waals surface area (Å²) in [5, 5.41) is 0. The molecule has 4 aromatic carbocycles. The van der Waals surface area contributed by atoms with Crippen LogP contribution in [0.4, 0.5) is 17.1 Å². The van der Waals surface area contributed by atoms with Crippen molar-refractivity contribution in [1.29, 1.82) is 0 Å². The highest BCUT2D eigenvalue weighted by molar-refractivity contribution is 9.10. The Bertz CT molecular complexity index is 1250. The van der Waals surface area contributed by atoms with Gasteiger partial charge in [-0.25, -0.2) is 0 Å². The Hall–Kier alpha value is -2.62. The molecule has 4 aromatic rings. The van der Waals surface area contributed by atoms with E-state index in [1.165, 1.54) is 57.7 Å². The molecule has 0 fully saturated rings. The SMILES string of the molecule is CCCCc1ccc(N2c3ccc(Br)cc3C(=Cc3ccccc3)c3cc(Br)ccc32)cc1. The van der Waals surface area contributed by atoms with E-state index in [1.54, 1.807) is 0 Å². The van der Waals surface area contributed by atoms with Gasteiger partial charge in [0.15, 0.2) is 0 Å². The zero-order valence-electron chi connectivity index (χ0n) is 18.6. The van der Waals surface area contributed by atoms with Crippen LogP contribution in [0.3, 0.4) is 0 Å². The van der Waals surface area contributed by atoms with Crippen LogP contribution < -0.4 is 4.90 Å². The van der Waals surface area contributed by atoms with Crippen molar-refractivity contribution in [3.05, 3.63) is 122 Å². The van der Waals surface area contributed by atoms with Crippen LogP contribution >= 0.6 is 31.9 Å². The quantitative estimate of drug-likeness (QED) is 0.207. The maximum Gasteiger partial charge on any atom is 0.0541 e. The van der Waals surface area contributed by atoms with E-state index in [1.807, 2.05) is 0 Å². The van der Waals surface area contributed by atoms with E-state index < -0.39 is 0 Å². The molecule has 1 aliphatic rings. The molecule has 3 heteroatoms. The molecular weight excluding hydrogens is 534 g/mol. The van der Waals surface area contributed by atoms with Crippen molar-refractivity contribution in [2.24, 2.45) is 0 Å². The average Bonchev–Trinajstić information content (AvgIpc) is 2.84. The smallest absolute Gasteiger partial charge is 0.0541 e. The molecule has 1 heterocycles. The molecule has 0 atom stereocenters. The maximum absolute atomic E-state index is 3.71. The summed E-state index contributed by atoms with van der Waals surface area (Å²) in [6.45, 7) is 2.24. The summed E-state index contributed by atoms with van der Waals surface area (Å²) in [6.07, 6.45) is 5.87. The number of unbranched alkanes of at least 4 members (excludes halogenated alkanes) is 1. The number of aryl methyl sites for hydroxylation is 1. The van der Waals surface area contributed by atoms with Crippen molar-refractivity contribution in [1.82, 2.24) is 0 Å². The molecule has 0 saturated heterocycles. The highest BCUT2D eigenvalue weighted by atomic mass is 79.9. The molecule has 0 saturated carbocycles. The molecule has 0 unspecified atom stereocenters. The fourth-order valence-electron chi connectivity index (χ4n) is 4.46. The number of nitrogens with zero attached hydrogens (tertiary/aromatic N) is 1. The van der Waals surface area contributed by atoms with Crippen molar-refractivity contribution in [2.75, 3.05) is 4.90 Å². The van der Waals surface area contributed by atoms with Crippen LogP contribution in [-0.2, 0) is 6.42 Å². The summed E-state index contributed by atoms with van der Waals surface area (Å²) in [5.74, 6) is 0. The first-order valence-electron chi connectivity index (χ1n) is 11.4. The molecule has 5 rings (SSSR count). The van der Waals surface area contributed by atoms with Gasteiger partial charge in [-0.2, -0.15) is 0 Å². The molecule has 33 heavy (non-hydrogen) atoms. The number of hydrogen-bond acceptors (Lipinski definition) is 1. The minimum Gasteiger partial charge on any atom is -0.309 e. The predicted molar refractivity (Wildman–Crippen MR) is 149 cm³/mol. The van der Waals surface area contributed by atoms with E-state index in [-0.39, 0.29) is 0 Å². The summed E-state index contributed by atoms with van der Waals surface area (Å²) in [6, 6.07) is 32.8. The first-order chi connectivity index (χ1) is 16.1. The number of rotatable bonds is 5. The Balaban J connectivity index is 1.70. The van der Waals surface area contributed by atoms with Crippen molar-refractivity contribution in [3.63, 3.8) is 0 Å². The fourth-order valence-corrected chi connectivity index (χ4v) is 5.18. The Kier molecular flexibility index (Phi) is 6.52. The van der Waals surface area contributed by atoms with E-state index in [0.717, 1.165) is 15.4 Å². The van der Waals surface area contributed by atoms with Gasteiger partial charge < -0.3 is 4.90 Å². The monoisotopic (exact) mass is 557 g/mol. The van der Waals surface area contributed by atoms with Gasteiger partial charge in [-0.05, 0) is 84.1 Å². The second kappa shape index (κ2) is 9.70. The van der Waals surface area contributed by atoms with Gasteiger partial charge >= 0.3 is 0 Å². The molecule has 0 radical (unpaired) electrons. The number of benzene rings is 4. The van der Waals surface area contributed by atoms with Crippen LogP contribution in [0, 0.1) is 0 Å². The highest BCUT2D eigenvalue weighted by Gasteiger charge is 2.28. The van der Waals surface area contributed by atoms with Crippen LogP contribution in [-0.4, -0.2) is 0 Å². The molecule has 0 aromatic heterocycles. The topological polar surface area (TPSA) is 3.24 Å². The third-order valence-electron chi connectivity index (χ3n) is 6.10. The minimum absolute atomic E-state index is 1.08. The summed E-state index contributed by atoms with van der Waals surface area (Å²) in [5.41, 5.74) is 9.81. The number of fused-ring (bicyclic) bond motifs is 2. The molecule has 1 nitrogen and oxygen atoms in total. The van der Waals surface area contributed by atoms with Gasteiger partial charge in [0.2, 0.25) is 0 Å². The average molecular weight is 559 g/mol. The summed E-state index contributed by atoms with van der Waals surface area (Å²) in [7, 11) is 0. The Morgan fingerprint density at radius 3 is 1.91 bits per heavy atom. The van der Waals surface area contributed by atoms with Crippen molar-refractivity contribution < 1.29 is 0 Å². The van der Waals surface area contributed by atoms with Crippen molar-refractivity contribution in [2.45, 2.75) is 26.2 Å². The lowest BCUT2D eigenvalue weighted by atomic mass is 9.88. The molecule has 0 spiro atoms. The van der Waals surface area contributed by atoms with Gasteiger partial charge in [0.05, 0.1) is 11.4 Å². The Morgan fingerprint density at radius 2 is 1.33 bits per heavy atom. The minimum atomic E-state index is 1.08. The van der Waals surface area contributed by atoms with Gasteiger partial charge in [0.1, 0.15) is 0 Å². The van der Waals surface area contributed by atoms with E-state index in [0.29, 0.717) is 0 Å². The zero-order valence-corrected chi connectivity index (χ0v) is 21.7. The van der Waals surface area contributed by atoms with Gasteiger partial charge in [-0.15, -0.1) is 0 Å². The first kappa shape index (κ1) is 22.2. The molecule has 0 bridgehead atoms.